The molecule has 0 spiro atoms. The van der Waals surface area contributed by atoms with Crippen LogP contribution in [0.2, 0.25) is 0 Å². The van der Waals surface area contributed by atoms with Gasteiger partial charge in [0.1, 0.15) is 0 Å². The van der Waals surface area contributed by atoms with E-state index in [1.807, 2.05) is 18.2 Å². The van der Waals surface area contributed by atoms with E-state index in [9.17, 15) is 0 Å². The number of aryl methyl sites for hydroxylation is 1. The molecule has 3 rings (SSSR count). The van der Waals surface area contributed by atoms with Crippen molar-refractivity contribution in [3.8, 4) is 16.3 Å². The number of aromatic nitrogens is 1. The molecule has 2 nitrogen and oxygen atoms in total. The van der Waals surface area contributed by atoms with Crippen LogP contribution < -0.4 is 4.74 Å². The number of rotatable bonds is 2. The number of pyridine rings is 1. The lowest BCUT2D eigenvalue weighted by molar-refractivity contribution is 0.400. The van der Waals surface area contributed by atoms with Gasteiger partial charge in [0.25, 0.3) is 0 Å². The summed E-state index contributed by atoms with van der Waals surface area (Å²) >= 11 is 5.31. The highest BCUT2D eigenvalue weighted by Gasteiger charge is 2.10. The Hall–Kier alpha value is -1.39. The van der Waals surface area contributed by atoms with Gasteiger partial charge in [-0.3, -0.25) is 0 Å². The molecular weight excluding hydrogens is 322 g/mol. The Morgan fingerprint density at radius 2 is 2.00 bits per heavy atom. The molecule has 0 saturated heterocycles. The number of halogens is 1. The van der Waals surface area contributed by atoms with E-state index in [-0.39, 0.29) is 0 Å². The van der Waals surface area contributed by atoms with Crippen LogP contribution in [0.15, 0.2) is 40.9 Å². The molecule has 0 N–H and O–H groups in total. The Kier molecular flexibility index (Phi) is 3.29. The van der Waals surface area contributed by atoms with Gasteiger partial charge in [0.15, 0.2) is 0 Å². The van der Waals surface area contributed by atoms with Gasteiger partial charge in [-0.1, -0.05) is 15.9 Å². The van der Waals surface area contributed by atoms with E-state index in [2.05, 4.69) is 46.0 Å². The van der Waals surface area contributed by atoms with Crippen LogP contribution in [0.1, 0.15) is 4.88 Å². The summed E-state index contributed by atoms with van der Waals surface area (Å²) in [7, 11) is 1.65. The molecule has 0 saturated carbocycles. The van der Waals surface area contributed by atoms with Crippen LogP contribution in [0.5, 0.6) is 5.88 Å². The van der Waals surface area contributed by atoms with Crippen LogP contribution >= 0.6 is 27.3 Å². The molecule has 3 aromatic rings. The Morgan fingerprint density at radius 3 is 2.68 bits per heavy atom. The van der Waals surface area contributed by atoms with Crippen molar-refractivity contribution in [1.82, 2.24) is 4.98 Å². The quantitative estimate of drug-likeness (QED) is 0.655. The molecule has 0 radical (unpaired) electrons. The normalized spacial score (nSPS) is 10.9. The van der Waals surface area contributed by atoms with E-state index in [1.165, 1.54) is 15.3 Å². The lowest BCUT2D eigenvalue weighted by Gasteiger charge is -2.08. The fraction of sp³-hybridized carbons (Fsp3) is 0.133. The summed E-state index contributed by atoms with van der Waals surface area (Å²) in [5, 5.41) is 1.14. The maximum atomic E-state index is 5.30. The Balaban J connectivity index is 2.34. The molecule has 0 aliphatic carbocycles. The highest BCUT2D eigenvalue weighted by atomic mass is 79.9. The third-order valence-electron chi connectivity index (χ3n) is 2.96. The van der Waals surface area contributed by atoms with Crippen molar-refractivity contribution in [2.24, 2.45) is 0 Å². The van der Waals surface area contributed by atoms with Crippen LogP contribution in [0.3, 0.4) is 0 Å². The first-order chi connectivity index (χ1) is 9.17. The van der Waals surface area contributed by atoms with Crippen molar-refractivity contribution in [2.45, 2.75) is 6.92 Å². The molecule has 0 bridgehead atoms. The molecule has 19 heavy (non-hydrogen) atoms. The number of benzene rings is 1. The summed E-state index contributed by atoms with van der Waals surface area (Å²) < 4.78 is 6.36. The van der Waals surface area contributed by atoms with Crippen molar-refractivity contribution in [3.63, 3.8) is 0 Å². The molecule has 96 valence electrons. The van der Waals surface area contributed by atoms with Gasteiger partial charge < -0.3 is 4.74 Å². The first-order valence-electron chi connectivity index (χ1n) is 5.88. The first kappa shape index (κ1) is 12.6. The minimum absolute atomic E-state index is 0.649. The van der Waals surface area contributed by atoms with E-state index in [0.29, 0.717) is 5.88 Å². The molecule has 0 atom stereocenters. The summed E-state index contributed by atoms with van der Waals surface area (Å²) in [5.41, 5.74) is 2.12. The maximum Gasteiger partial charge on any atom is 0.214 e. The largest absolute Gasteiger partial charge is 0.481 e. The number of hydrogen-bond donors (Lipinski definition) is 0. The van der Waals surface area contributed by atoms with Crippen LogP contribution in [-0.4, -0.2) is 12.1 Å². The Bertz CT molecular complexity index is 751. The number of fused-ring (bicyclic) bond motifs is 1. The van der Waals surface area contributed by atoms with E-state index >= 15 is 0 Å². The van der Waals surface area contributed by atoms with Crippen LogP contribution in [0.25, 0.3) is 21.3 Å². The fourth-order valence-corrected chi connectivity index (χ4v) is 3.32. The summed E-state index contributed by atoms with van der Waals surface area (Å²) in [5.74, 6) is 0.649. The Morgan fingerprint density at radius 1 is 1.16 bits per heavy atom. The summed E-state index contributed by atoms with van der Waals surface area (Å²) in [4.78, 5) is 7.03. The van der Waals surface area contributed by atoms with Gasteiger partial charge in [-0.05, 0) is 37.3 Å². The monoisotopic (exact) mass is 333 g/mol. The molecule has 0 amide bonds. The first-order valence-corrected chi connectivity index (χ1v) is 7.49. The zero-order valence-electron chi connectivity index (χ0n) is 10.6. The standard InChI is InChI=1S/C15H12BrNOS/c1-9-3-6-14(19-9)12-8-15(18-2)17-13-5-4-10(16)7-11(12)13/h3-8H,1-2H3. The SMILES string of the molecule is COc1cc(-c2ccc(C)s2)c2cc(Br)ccc2n1. The summed E-state index contributed by atoms with van der Waals surface area (Å²) in [6.07, 6.45) is 0. The second-order valence-electron chi connectivity index (χ2n) is 4.28. The van der Waals surface area contributed by atoms with Gasteiger partial charge in [-0.15, -0.1) is 11.3 Å². The minimum Gasteiger partial charge on any atom is -0.481 e. The molecule has 4 heteroatoms. The zero-order valence-corrected chi connectivity index (χ0v) is 13.0. The van der Waals surface area contributed by atoms with Gasteiger partial charge >= 0.3 is 0 Å². The number of hydrogen-bond acceptors (Lipinski definition) is 3. The highest BCUT2D eigenvalue weighted by molar-refractivity contribution is 9.10. The number of nitrogens with zero attached hydrogens (tertiary/aromatic N) is 1. The van der Waals surface area contributed by atoms with Gasteiger partial charge in [0.2, 0.25) is 5.88 Å². The molecule has 0 fully saturated rings. The van der Waals surface area contributed by atoms with Crippen molar-refractivity contribution < 1.29 is 4.74 Å². The molecule has 2 heterocycles. The van der Waals surface area contributed by atoms with Crippen molar-refractivity contribution >= 4 is 38.2 Å². The smallest absolute Gasteiger partial charge is 0.214 e. The second-order valence-corrected chi connectivity index (χ2v) is 6.49. The summed E-state index contributed by atoms with van der Waals surface area (Å²) in [6, 6.07) is 12.4. The zero-order chi connectivity index (χ0) is 13.4. The van der Waals surface area contributed by atoms with Gasteiger partial charge in [-0.2, -0.15) is 0 Å². The third-order valence-corrected chi connectivity index (χ3v) is 4.49. The predicted molar refractivity (Wildman–Crippen MR) is 84.0 cm³/mol. The number of methoxy groups -OCH3 is 1. The topological polar surface area (TPSA) is 22.1 Å². The molecular formula is C15H12BrNOS. The van der Waals surface area contributed by atoms with E-state index in [1.54, 1.807) is 18.4 Å². The molecule has 0 unspecified atom stereocenters. The fourth-order valence-electron chi connectivity index (χ4n) is 2.06. The van der Waals surface area contributed by atoms with E-state index in [4.69, 9.17) is 4.74 Å². The minimum atomic E-state index is 0.649. The van der Waals surface area contributed by atoms with Crippen LogP contribution in [0.4, 0.5) is 0 Å². The van der Waals surface area contributed by atoms with Crippen LogP contribution in [0, 0.1) is 6.92 Å². The lowest BCUT2D eigenvalue weighted by Crippen LogP contribution is -1.90. The highest BCUT2D eigenvalue weighted by Crippen LogP contribution is 2.36. The van der Waals surface area contributed by atoms with Crippen molar-refractivity contribution in [2.75, 3.05) is 7.11 Å². The maximum absolute atomic E-state index is 5.30. The molecule has 0 aliphatic rings. The van der Waals surface area contributed by atoms with Gasteiger partial charge in [-0.25, -0.2) is 4.98 Å². The van der Waals surface area contributed by atoms with Gasteiger partial charge in [0, 0.05) is 31.2 Å². The number of thiophene rings is 1. The van der Waals surface area contributed by atoms with Crippen molar-refractivity contribution in [1.29, 1.82) is 0 Å². The van der Waals surface area contributed by atoms with Crippen LogP contribution in [-0.2, 0) is 0 Å². The predicted octanol–water partition coefficient (Wildman–Crippen LogP) is 5.04. The van der Waals surface area contributed by atoms with E-state index < -0.39 is 0 Å². The molecule has 2 aromatic heterocycles. The summed E-state index contributed by atoms with van der Waals surface area (Å²) in [6.45, 7) is 2.12. The Labute approximate surface area is 124 Å². The molecule has 0 aliphatic heterocycles. The van der Waals surface area contributed by atoms with Crippen molar-refractivity contribution in [3.05, 3.63) is 45.7 Å². The van der Waals surface area contributed by atoms with Gasteiger partial charge in [0.05, 0.1) is 12.6 Å². The number of ether oxygens (including phenoxy) is 1. The lowest BCUT2D eigenvalue weighted by atomic mass is 10.1. The average Bonchev–Trinajstić information content (AvgIpc) is 2.84. The average molecular weight is 334 g/mol. The second kappa shape index (κ2) is 4.94. The molecule has 1 aromatic carbocycles. The third kappa shape index (κ3) is 2.38. The van der Waals surface area contributed by atoms with E-state index in [0.717, 1.165) is 15.4 Å².